The van der Waals surface area contributed by atoms with Crippen LogP contribution in [0.25, 0.3) is 0 Å². The molecule has 1 heterocycles. The van der Waals surface area contributed by atoms with Crippen LogP contribution >= 0.6 is 23.2 Å². The summed E-state index contributed by atoms with van der Waals surface area (Å²) in [4.78, 5) is 18.7. The number of carbonyl (C=O) groups is 1. The Morgan fingerprint density at radius 2 is 1.78 bits per heavy atom. The Kier molecular flexibility index (Phi) is 4.84. The van der Waals surface area contributed by atoms with E-state index in [-0.39, 0.29) is 12.3 Å². The summed E-state index contributed by atoms with van der Waals surface area (Å²) in [5, 5.41) is 4.14. The van der Waals surface area contributed by atoms with Gasteiger partial charge in [-0.1, -0.05) is 59.6 Å². The summed E-state index contributed by atoms with van der Waals surface area (Å²) in [5.41, 5.74) is 1.23. The largest absolute Gasteiger partial charge is 0.354 e. The van der Waals surface area contributed by atoms with E-state index in [0.29, 0.717) is 33.8 Å². The predicted molar refractivity (Wildman–Crippen MR) is 94.9 cm³/mol. The topological polar surface area (TPSA) is 44.7 Å². The molecule has 1 aliphatic heterocycles. The second kappa shape index (κ2) is 7.02. The van der Waals surface area contributed by atoms with Gasteiger partial charge in [0.2, 0.25) is 0 Å². The van der Waals surface area contributed by atoms with Crippen molar-refractivity contribution < 1.29 is 4.79 Å². The number of carbonyl (C=O) groups excluding carboxylic acids is 1. The summed E-state index contributed by atoms with van der Waals surface area (Å²) in [6.07, 6.45) is 0. The Morgan fingerprint density at radius 3 is 2.39 bits per heavy atom. The van der Waals surface area contributed by atoms with Crippen LogP contribution < -0.4 is 10.2 Å². The fourth-order valence-electron chi connectivity index (χ4n) is 2.43. The molecular weight excluding hydrogens is 333 g/mol. The molecule has 4 nitrogen and oxygen atoms in total. The first-order valence-electron chi connectivity index (χ1n) is 7.25. The van der Waals surface area contributed by atoms with Gasteiger partial charge >= 0.3 is 0 Å². The molecule has 0 aromatic heterocycles. The van der Waals surface area contributed by atoms with E-state index in [1.807, 2.05) is 18.2 Å². The third-order valence-corrected chi connectivity index (χ3v) is 4.13. The number of rotatable bonds is 4. The Morgan fingerprint density at radius 1 is 1.09 bits per heavy atom. The lowest BCUT2D eigenvalue weighted by atomic mass is 10.1. The van der Waals surface area contributed by atoms with Crippen LogP contribution in [0.1, 0.15) is 10.4 Å². The van der Waals surface area contributed by atoms with Gasteiger partial charge in [0.15, 0.2) is 11.7 Å². The maximum absolute atomic E-state index is 12.6. The first kappa shape index (κ1) is 15.8. The Hall–Kier alpha value is -2.04. The van der Waals surface area contributed by atoms with Crippen LogP contribution in [0.5, 0.6) is 0 Å². The van der Waals surface area contributed by atoms with Crippen molar-refractivity contribution in [2.24, 2.45) is 4.99 Å². The molecule has 0 saturated heterocycles. The van der Waals surface area contributed by atoms with Crippen LogP contribution in [-0.2, 0) is 0 Å². The second-order valence-electron chi connectivity index (χ2n) is 5.08. The second-order valence-corrected chi connectivity index (χ2v) is 5.89. The lowest BCUT2D eigenvalue weighted by Gasteiger charge is -2.25. The van der Waals surface area contributed by atoms with E-state index in [9.17, 15) is 4.79 Å². The smallest absolute Gasteiger partial charge is 0.199 e. The van der Waals surface area contributed by atoms with E-state index in [1.165, 1.54) is 0 Å². The van der Waals surface area contributed by atoms with Crippen LogP contribution in [0.3, 0.4) is 0 Å². The molecule has 1 aliphatic rings. The highest BCUT2D eigenvalue weighted by molar-refractivity contribution is 6.40. The van der Waals surface area contributed by atoms with Crippen molar-refractivity contribution in [2.45, 2.75) is 0 Å². The van der Waals surface area contributed by atoms with E-state index < -0.39 is 0 Å². The monoisotopic (exact) mass is 347 g/mol. The number of benzene rings is 2. The highest BCUT2D eigenvalue weighted by Crippen LogP contribution is 2.34. The zero-order valence-corrected chi connectivity index (χ0v) is 13.8. The highest BCUT2D eigenvalue weighted by atomic mass is 35.5. The van der Waals surface area contributed by atoms with E-state index in [2.05, 4.69) is 10.3 Å². The van der Waals surface area contributed by atoms with Gasteiger partial charge < -0.3 is 10.2 Å². The molecule has 0 amide bonds. The van der Waals surface area contributed by atoms with Crippen molar-refractivity contribution >= 4 is 40.6 Å². The van der Waals surface area contributed by atoms with Crippen molar-refractivity contribution in [2.75, 3.05) is 24.5 Å². The number of ketones is 1. The molecule has 0 atom stereocenters. The molecule has 6 heteroatoms. The molecule has 0 fully saturated rings. The zero-order valence-electron chi connectivity index (χ0n) is 12.3. The standard InChI is InChI=1S/C17H15Cl2N3O/c18-13-7-4-8-14(19)16(13)22(17-20-9-10-21-17)11-15(23)12-5-2-1-3-6-12/h1-8H,9-11H2,(H,20,21). The molecule has 0 unspecified atom stereocenters. The molecule has 1 N–H and O–H groups in total. The van der Waals surface area contributed by atoms with Crippen LogP contribution in [0, 0.1) is 0 Å². The quantitative estimate of drug-likeness (QED) is 0.858. The summed E-state index contributed by atoms with van der Waals surface area (Å²) in [6, 6.07) is 14.4. The summed E-state index contributed by atoms with van der Waals surface area (Å²) < 4.78 is 0. The Bertz CT molecular complexity index is 727. The third kappa shape index (κ3) is 3.49. The molecule has 0 spiro atoms. The molecule has 118 valence electrons. The minimum Gasteiger partial charge on any atom is -0.354 e. The minimum atomic E-state index is -0.0296. The predicted octanol–water partition coefficient (Wildman–Crippen LogP) is 3.64. The molecule has 0 aliphatic carbocycles. The first-order valence-corrected chi connectivity index (χ1v) is 8.00. The van der Waals surface area contributed by atoms with Crippen molar-refractivity contribution in [1.82, 2.24) is 5.32 Å². The number of guanidine groups is 1. The maximum atomic E-state index is 12.6. The molecule has 0 bridgehead atoms. The third-order valence-electron chi connectivity index (χ3n) is 3.52. The van der Waals surface area contributed by atoms with Gasteiger partial charge in [-0.3, -0.25) is 9.79 Å². The fraction of sp³-hybridized carbons (Fsp3) is 0.176. The number of nitrogens with zero attached hydrogens (tertiary/aromatic N) is 2. The summed E-state index contributed by atoms with van der Waals surface area (Å²) in [7, 11) is 0. The zero-order chi connectivity index (χ0) is 16.2. The van der Waals surface area contributed by atoms with E-state index in [0.717, 1.165) is 6.54 Å². The van der Waals surface area contributed by atoms with Crippen LogP contribution in [0.4, 0.5) is 5.69 Å². The summed E-state index contributed by atoms with van der Waals surface area (Å²) >= 11 is 12.6. The number of hydrogen-bond acceptors (Lipinski definition) is 4. The fourth-order valence-corrected chi connectivity index (χ4v) is 3.03. The van der Waals surface area contributed by atoms with Gasteiger partial charge in [-0.2, -0.15) is 0 Å². The number of para-hydroxylation sites is 1. The molecule has 23 heavy (non-hydrogen) atoms. The number of anilines is 1. The Labute approximate surface area is 144 Å². The van der Waals surface area contributed by atoms with Gasteiger partial charge in [0, 0.05) is 12.1 Å². The number of aliphatic imine (C=N–C) groups is 1. The van der Waals surface area contributed by atoms with Crippen molar-refractivity contribution in [1.29, 1.82) is 0 Å². The van der Waals surface area contributed by atoms with Crippen molar-refractivity contribution in [3.05, 3.63) is 64.1 Å². The molecule has 3 rings (SSSR count). The molecule has 2 aromatic rings. The van der Waals surface area contributed by atoms with Gasteiger partial charge in [0.25, 0.3) is 0 Å². The van der Waals surface area contributed by atoms with Crippen LogP contribution in [-0.4, -0.2) is 31.4 Å². The molecule has 0 radical (unpaired) electrons. The summed E-state index contributed by atoms with van der Waals surface area (Å²) in [5.74, 6) is 0.585. The maximum Gasteiger partial charge on any atom is 0.199 e. The van der Waals surface area contributed by atoms with Gasteiger partial charge in [-0.25, -0.2) is 0 Å². The minimum absolute atomic E-state index is 0.0296. The average molecular weight is 348 g/mol. The van der Waals surface area contributed by atoms with E-state index >= 15 is 0 Å². The van der Waals surface area contributed by atoms with Crippen molar-refractivity contribution in [3.8, 4) is 0 Å². The highest BCUT2D eigenvalue weighted by Gasteiger charge is 2.24. The van der Waals surface area contributed by atoms with E-state index in [1.54, 1.807) is 35.2 Å². The lowest BCUT2D eigenvalue weighted by Crippen LogP contribution is -2.42. The first-order chi connectivity index (χ1) is 11.2. The van der Waals surface area contributed by atoms with Gasteiger partial charge in [-0.15, -0.1) is 0 Å². The molecular formula is C17H15Cl2N3O. The lowest BCUT2D eigenvalue weighted by molar-refractivity contribution is 0.100. The van der Waals surface area contributed by atoms with Crippen LogP contribution in [0.2, 0.25) is 10.0 Å². The number of Topliss-reactive ketones (excluding diaryl/α,β-unsaturated/α-hetero) is 1. The van der Waals surface area contributed by atoms with Crippen LogP contribution in [0.15, 0.2) is 53.5 Å². The SMILES string of the molecule is O=C(CN(C1=NCCN1)c1c(Cl)cccc1Cl)c1ccccc1. The van der Waals surface area contributed by atoms with E-state index in [4.69, 9.17) is 23.2 Å². The van der Waals surface area contributed by atoms with Gasteiger partial charge in [0.05, 0.1) is 28.8 Å². The molecule has 0 saturated carbocycles. The molecule has 2 aromatic carbocycles. The normalized spacial score (nSPS) is 13.4. The Balaban J connectivity index is 1.95. The average Bonchev–Trinajstić information content (AvgIpc) is 3.08. The van der Waals surface area contributed by atoms with Gasteiger partial charge in [0.1, 0.15) is 0 Å². The summed E-state index contributed by atoms with van der Waals surface area (Å²) in [6.45, 7) is 1.50. The number of nitrogens with one attached hydrogen (secondary N) is 1. The van der Waals surface area contributed by atoms with Crippen molar-refractivity contribution in [3.63, 3.8) is 0 Å². The number of hydrogen-bond donors (Lipinski definition) is 1. The number of halogens is 2. The van der Waals surface area contributed by atoms with Gasteiger partial charge in [-0.05, 0) is 12.1 Å².